The Hall–Kier alpha value is -2.27. The average molecular weight is 276 g/mol. The van der Waals surface area contributed by atoms with Crippen molar-refractivity contribution in [2.24, 2.45) is 5.73 Å². The number of carbonyl (C=O) groups is 1. The Bertz CT molecular complexity index is 629. The quantitative estimate of drug-likeness (QED) is 0.905. The number of halogens is 2. The molecule has 0 fully saturated rings. The van der Waals surface area contributed by atoms with Gasteiger partial charge in [0.25, 0.3) is 0 Å². The van der Waals surface area contributed by atoms with Crippen LogP contribution in [0.4, 0.5) is 14.5 Å². The summed E-state index contributed by atoms with van der Waals surface area (Å²) in [4.78, 5) is 12.0. The van der Waals surface area contributed by atoms with Crippen molar-refractivity contribution in [2.75, 3.05) is 5.32 Å². The first-order chi connectivity index (χ1) is 9.50. The molecule has 3 nitrogen and oxygen atoms in total. The highest BCUT2D eigenvalue weighted by molar-refractivity contribution is 5.95. The summed E-state index contributed by atoms with van der Waals surface area (Å²) in [6.07, 6.45) is 0. The standard InChI is InChI=1S/C15H14F2N2O/c1-9-7-8-11(16)14(12(9)17)19-15(20)13(18)10-5-3-2-4-6-10/h2-8,13H,18H2,1H3,(H,19,20). The first kappa shape index (κ1) is 14.1. The molecular weight excluding hydrogens is 262 g/mol. The number of hydrogen-bond donors (Lipinski definition) is 2. The summed E-state index contributed by atoms with van der Waals surface area (Å²) in [6, 6.07) is 10.0. The Morgan fingerprint density at radius 1 is 1.15 bits per heavy atom. The molecule has 2 aromatic carbocycles. The summed E-state index contributed by atoms with van der Waals surface area (Å²) < 4.78 is 27.4. The van der Waals surface area contributed by atoms with Crippen LogP contribution < -0.4 is 11.1 Å². The van der Waals surface area contributed by atoms with Crippen LogP contribution in [0.25, 0.3) is 0 Å². The van der Waals surface area contributed by atoms with Gasteiger partial charge in [0.2, 0.25) is 5.91 Å². The van der Waals surface area contributed by atoms with Crippen molar-refractivity contribution in [2.45, 2.75) is 13.0 Å². The molecule has 0 bridgehead atoms. The van der Waals surface area contributed by atoms with Crippen LogP contribution in [0.1, 0.15) is 17.2 Å². The molecule has 104 valence electrons. The van der Waals surface area contributed by atoms with E-state index in [2.05, 4.69) is 5.32 Å². The Kier molecular flexibility index (Phi) is 4.10. The fraction of sp³-hybridized carbons (Fsp3) is 0.133. The summed E-state index contributed by atoms with van der Waals surface area (Å²) in [6.45, 7) is 1.49. The van der Waals surface area contributed by atoms with Crippen molar-refractivity contribution in [1.29, 1.82) is 0 Å². The number of amides is 1. The second-order valence-corrected chi connectivity index (χ2v) is 4.43. The molecule has 0 aliphatic heterocycles. The first-order valence-electron chi connectivity index (χ1n) is 6.06. The summed E-state index contributed by atoms with van der Waals surface area (Å²) in [5.74, 6) is -2.29. The molecule has 0 saturated heterocycles. The third-order valence-electron chi connectivity index (χ3n) is 2.97. The van der Waals surface area contributed by atoms with E-state index in [0.717, 1.165) is 6.07 Å². The van der Waals surface area contributed by atoms with Gasteiger partial charge in [-0.1, -0.05) is 36.4 Å². The highest BCUT2D eigenvalue weighted by Crippen LogP contribution is 2.23. The molecule has 20 heavy (non-hydrogen) atoms. The van der Waals surface area contributed by atoms with Gasteiger partial charge in [0.05, 0.1) is 0 Å². The molecule has 2 rings (SSSR count). The third-order valence-corrected chi connectivity index (χ3v) is 2.97. The van der Waals surface area contributed by atoms with Crippen LogP contribution in [0.15, 0.2) is 42.5 Å². The minimum absolute atomic E-state index is 0.245. The van der Waals surface area contributed by atoms with Gasteiger partial charge in [0, 0.05) is 0 Å². The zero-order chi connectivity index (χ0) is 14.7. The lowest BCUT2D eigenvalue weighted by molar-refractivity contribution is -0.117. The van der Waals surface area contributed by atoms with E-state index in [1.54, 1.807) is 30.3 Å². The molecule has 1 atom stereocenters. The van der Waals surface area contributed by atoms with Crippen molar-refractivity contribution in [1.82, 2.24) is 0 Å². The van der Waals surface area contributed by atoms with Gasteiger partial charge in [-0.2, -0.15) is 0 Å². The second kappa shape index (κ2) is 5.79. The van der Waals surface area contributed by atoms with E-state index in [4.69, 9.17) is 5.73 Å². The molecule has 1 amide bonds. The van der Waals surface area contributed by atoms with Crippen molar-refractivity contribution in [3.05, 3.63) is 65.2 Å². The topological polar surface area (TPSA) is 55.1 Å². The molecule has 0 aliphatic rings. The maximum atomic E-state index is 13.8. The molecule has 1 unspecified atom stereocenters. The highest BCUT2D eigenvalue weighted by Gasteiger charge is 2.19. The van der Waals surface area contributed by atoms with E-state index in [-0.39, 0.29) is 5.56 Å². The Labute approximate surface area is 115 Å². The lowest BCUT2D eigenvalue weighted by atomic mass is 10.1. The van der Waals surface area contributed by atoms with Crippen LogP contribution >= 0.6 is 0 Å². The predicted octanol–water partition coefficient (Wildman–Crippen LogP) is 2.91. The second-order valence-electron chi connectivity index (χ2n) is 4.43. The largest absolute Gasteiger partial charge is 0.320 e. The normalized spacial score (nSPS) is 12.0. The number of nitrogens with two attached hydrogens (primary N) is 1. The molecule has 0 spiro atoms. The van der Waals surface area contributed by atoms with Crippen LogP contribution in [0, 0.1) is 18.6 Å². The number of benzene rings is 2. The molecule has 2 aromatic rings. The predicted molar refractivity (Wildman–Crippen MR) is 73.1 cm³/mol. The van der Waals surface area contributed by atoms with Crippen molar-refractivity contribution >= 4 is 11.6 Å². The Morgan fingerprint density at radius 3 is 2.45 bits per heavy atom. The zero-order valence-corrected chi connectivity index (χ0v) is 10.9. The van der Waals surface area contributed by atoms with Crippen molar-refractivity contribution in [3.63, 3.8) is 0 Å². The van der Waals surface area contributed by atoms with Crippen molar-refractivity contribution in [3.8, 4) is 0 Å². The lowest BCUT2D eigenvalue weighted by Gasteiger charge is -2.14. The molecule has 0 aromatic heterocycles. The summed E-state index contributed by atoms with van der Waals surface area (Å²) in [5.41, 5.74) is 6.11. The van der Waals surface area contributed by atoms with Crippen LogP contribution in [0.2, 0.25) is 0 Å². The van der Waals surface area contributed by atoms with E-state index in [9.17, 15) is 13.6 Å². The van der Waals surface area contributed by atoms with Gasteiger partial charge in [0.15, 0.2) is 5.82 Å². The van der Waals surface area contributed by atoms with Gasteiger partial charge < -0.3 is 11.1 Å². The van der Waals surface area contributed by atoms with E-state index in [1.165, 1.54) is 13.0 Å². The van der Waals surface area contributed by atoms with Gasteiger partial charge in [-0.15, -0.1) is 0 Å². The molecule has 0 saturated carbocycles. The highest BCUT2D eigenvalue weighted by atomic mass is 19.1. The number of hydrogen-bond acceptors (Lipinski definition) is 2. The molecular formula is C15H14F2N2O. The van der Waals surface area contributed by atoms with E-state index in [1.807, 2.05) is 0 Å². The SMILES string of the molecule is Cc1ccc(F)c(NC(=O)C(N)c2ccccc2)c1F. The fourth-order valence-corrected chi connectivity index (χ4v) is 1.78. The maximum Gasteiger partial charge on any atom is 0.246 e. The first-order valence-corrected chi connectivity index (χ1v) is 6.06. The smallest absolute Gasteiger partial charge is 0.246 e. The van der Waals surface area contributed by atoms with Gasteiger partial charge in [-0.25, -0.2) is 8.78 Å². The van der Waals surface area contributed by atoms with Gasteiger partial charge >= 0.3 is 0 Å². The van der Waals surface area contributed by atoms with Crippen molar-refractivity contribution < 1.29 is 13.6 Å². The number of carbonyl (C=O) groups excluding carboxylic acids is 1. The summed E-state index contributed by atoms with van der Waals surface area (Å²) in [7, 11) is 0. The Morgan fingerprint density at radius 2 is 1.80 bits per heavy atom. The van der Waals surface area contributed by atoms with Gasteiger partial charge in [0.1, 0.15) is 17.5 Å². The molecule has 0 heterocycles. The summed E-state index contributed by atoms with van der Waals surface area (Å²) in [5, 5.41) is 2.20. The van der Waals surface area contributed by atoms with Gasteiger partial charge in [-0.05, 0) is 24.1 Å². The van der Waals surface area contributed by atoms with Crippen LogP contribution in [0.5, 0.6) is 0 Å². The van der Waals surface area contributed by atoms with Gasteiger partial charge in [-0.3, -0.25) is 4.79 Å². The Balaban J connectivity index is 2.23. The lowest BCUT2D eigenvalue weighted by Crippen LogP contribution is -2.28. The number of aryl methyl sites for hydroxylation is 1. The van der Waals surface area contributed by atoms with E-state index in [0.29, 0.717) is 5.56 Å². The minimum Gasteiger partial charge on any atom is -0.320 e. The van der Waals surface area contributed by atoms with Crippen LogP contribution in [-0.2, 0) is 4.79 Å². The average Bonchev–Trinajstić information content (AvgIpc) is 2.47. The molecule has 0 radical (unpaired) electrons. The van der Waals surface area contributed by atoms with Crippen LogP contribution in [0.3, 0.4) is 0 Å². The number of rotatable bonds is 3. The third kappa shape index (κ3) is 2.83. The maximum absolute atomic E-state index is 13.8. The van der Waals surface area contributed by atoms with E-state index >= 15 is 0 Å². The van der Waals surface area contributed by atoms with E-state index < -0.39 is 29.3 Å². The number of nitrogens with one attached hydrogen (secondary N) is 1. The number of anilines is 1. The molecule has 0 aliphatic carbocycles. The molecule has 5 heteroatoms. The minimum atomic E-state index is -0.990. The zero-order valence-electron chi connectivity index (χ0n) is 10.9. The summed E-state index contributed by atoms with van der Waals surface area (Å²) >= 11 is 0. The molecule has 3 N–H and O–H groups in total. The monoisotopic (exact) mass is 276 g/mol. The fourth-order valence-electron chi connectivity index (χ4n) is 1.78. The van der Waals surface area contributed by atoms with Crippen LogP contribution in [-0.4, -0.2) is 5.91 Å².